The zero-order valence-corrected chi connectivity index (χ0v) is 17.1. The van der Waals surface area contributed by atoms with Crippen LogP contribution in [0.15, 0.2) is 58.3 Å². The van der Waals surface area contributed by atoms with Gasteiger partial charge in [0, 0.05) is 23.8 Å². The smallest absolute Gasteiger partial charge is 0.252 e. The lowest BCUT2D eigenvalue weighted by atomic mass is 10.1. The summed E-state index contributed by atoms with van der Waals surface area (Å²) in [5.74, 6) is 0.734. The molecular weight excluding hydrogens is 396 g/mol. The van der Waals surface area contributed by atoms with Crippen LogP contribution in [0.25, 0.3) is 0 Å². The zero-order valence-electron chi connectivity index (χ0n) is 15.5. The van der Waals surface area contributed by atoms with Crippen molar-refractivity contribution >= 4 is 27.7 Å². The second kappa shape index (κ2) is 9.56. The molecule has 1 atom stereocenters. The molecule has 6 nitrogen and oxygen atoms in total. The number of hydrogen-bond acceptors (Lipinski definition) is 5. The van der Waals surface area contributed by atoms with E-state index in [2.05, 4.69) is 5.32 Å². The Hall–Kier alpha value is -1.87. The van der Waals surface area contributed by atoms with Crippen molar-refractivity contribution in [3.8, 4) is 0 Å². The molecule has 1 aliphatic rings. The number of nitrogens with one attached hydrogen (secondary N) is 1. The zero-order chi connectivity index (χ0) is 20.0. The number of ether oxygens (including phenoxy) is 1. The third kappa shape index (κ3) is 5.81. The molecule has 2 aromatic rings. The predicted molar refractivity (Wildman–Crippen MR) is 110 cm³/mol. The van der Waals surface area contributed by atoms with Gasteiger partial charge in [-0.1, -0.05) is 24.3 Å². The van der Waals surface area contributed by atoms with Crippen LogP contribution in [0.3, 0.4) is 0 Å². The summed E-state index contributed by atoms with van der Waals surface area (Å²) in [6, 6.07) is 13.9. The Morgan fingerprint density at radius 2 is 1.93 bits per heavy atom. The number of amides is 1. The van der Waals surface area contributed by atoms with E-state index < -0.39 is 10.0 Å². The Labute approximate surface area is 169 Å². The molecule has 1 saturated heterocycles. The summed E-state index contributed by atoms with van der Waals surface area (Å²) < 4.78 is 28.2. The van der Waals surface area contributed by atoms with Crippen molar-refractivity contribution in [3.63, 3.8) is 0 Å². The molecule has 1 amide bonds. The first-order chi connectivity index (χ1) is 13.4. The van der Waals surface area contributed by atoms with Crippen molar-refractivity contribution in [1.82, 2.24) is 5.32 Å². The lowest BCUT2D eigenvalue weighted by Gasteiger charge is -2.12. The standard InChI is InChI=1S/C20H24N2O4S2/c21-28(24,25)17-9-7-15(8-10-17)11-12-22-20(23)18-5-1-2-6-19(18)27-14-16-4-3-13-26-16/h1-2,5-10,16H,3-4,11-14H2,(H,22,23)(H2,21,24,25)/t16-/m0/s1. The van der Waals surface area contributed by atoms with Crippen molar-refractivity contribution in [2.45, 2.75) is 35.2 Å². The average Bonchev–Trinajstić information content (AvgIpc) is 3.20. The van der Waals surface area contributed by atoms with Crippen molar-refractivity contribution in [2.75, 3.05) is 18.9 Å². The number of sulfonamides is 1. The molecule has 1 heterocycles. The van der Waals surface area contributed by atoms with Gasteiger partial charge < -0.3 is 10.1 Å². The summed E-state index contributed by atoms with van der Waals surface area (Å²) in [7, 11) is -3.69. The maximum absolute atomic E-state index is 12.6. The van der Waals surface area contributed by atoms with Gasteiger partial charge in [0.05, 0.1) is 16.6 Å². The van der Waals surface area contributed by atoms with Gasteiger partial charge in [0.2, 0.25) is 10.0 Å². The van der Waals surface area contributed by atoms with Gasteiger partial charge >= 0.3 is 0 Å². The van der Waals surface area contributed by atoms with E-state index in [9.17, 15) is 13.2 Å². The number of primary sulfonamides is 1. The van der Waals surface area contributed by atoms with Crippen LogP contribution < -0.4 is 10.5 Å². The van der Waals surface area contributed by atoms with Crippen molar-refractivity contribution in [3.05, 3.63) is 59.7 Å². The number of rotatable bonds is 8. The minimum absolute atomic E-state index is 0.0810. The predicted octanol–water partition coefficient (Wildman–Crippen LogP) is 2.58. The third-order valence-electron chi connectivity index (χ3n) is 4.53. The highest BCUT2D eigenvalue weighted by Crippen LogP contribution is 2.26. The first-order valence-corrected chi connectivity index (χ1v) is 11.7. The van der Waals surface area contributed by atoms with Gasteiger partial charge in [-0.2, -0.15) is 0 Å². The fourth-order valence-electron chi connectivity index (χ4n) is 3.00. The Bertz CT molecular complexity index is 908. The Kier molecular flexibility index (Phi) is 7.12. The monoisotopic (exact) mass is 420 g/mol. The number of hydrogen-bond donors (Lipinski definition) is 2. The molecule has 0 aromatic heterocycles. The minimum atomic E-state index is -3.69. The van der Waals surface area contributed by atoms with E-state index in [1.54, 1.807) is 23.9 Å². The van der Waals surface area contributed by atoms with Gasteiger partial charge in [-0.3, -0.25) is 4.79 Å². The van der Waals surface area contributed by atoms with Crippen LogP contribution in [0.2, 0.25) is 0 Å². The molecular formula is C20H24N2O4S2. The lowest BCUT2D eigenvalue weighted by Crippen LogP contribution is -2.26. The second-order valence-electron chi connectivity index (χ2n) is 6.64. The number of benzene rings is 2. The number of carbonyl (C=O) groups excluding carboxylic acids is 1. The number of carbonyl (C=O) groups is 1. The van der Waals surface area contributed by atoms with Crippen LogP contribution >= 0.6 is 11.8 Å². The molecule has 3 rings (SSSR count). The van der Waals surface area contributed by atoms with E-state index in [0.717, 1.165) is 35.7 Å². The van der Waals surface area contributed by atoms with Gasteiger partial charge in [0.25, 0.3) is 5.91 Å². The summed E-state index contributed by atoms with van der Waals surface area (Å²) in [6.07, 6.45) is 3.04. The van der Waals surface area contributed by atoms with Gasteiger partial charge in [-0.05, 0) is 49.1 Å². The molecule has 2 aromatic carbocycles. The van der Waals surface area contributed by atoms with Gasteiger partial charge in [0.1, 0.15) is 0 Å². The van der Waals surface area contributed by atoms with Crippen LogP contribution in [0.5, 0.6) is 0 Å². The summed E-state index contributed by atoms with van der Waals surface area (Å²) >= 11 is 1.65. The SMILES string of the molecule is NS(=O)(=O)c1ccc(CCNC(=O)c2ccccc2SC[C@@H]2CCCO2)cc1. The topological polar surface area (TPSA) is 98.5 Å². The Morgan fingerprint density at radius 1 is 1.18 bits per heavy atom. The van der Waals surface area contributed by atoms with Crippen molar-refractivity contribution in [2.24, 2.45) is 5.14 Å². The van der Waals surface area contributed by atoms with E-state index in [4.69, 9.17) is 9.88 Å². The van der Waals surface area contributed by atoms with Crippen molar-refractivity contribution < 1.29 is 17.9 Å². The van der Waals surface area contributed by atoms with Crippen LogP contribution in [0.1, 0.15) is 28.8 Å². The van der Waals surface area contributed by atoms with Crippen molar-refractivity contribution in [1.29, 1.82) is 0 Å². The molecule has 1 fully saturated rings. The highest BCUT2D eigenvalue weighted by Gasteiger charge is 2.17. The molecule has 28 heavy (non-hydrogen) atoms. The quantitative estimate of drug-likeness (QED) is 0.640. The molecule has 150 valence electrons. The molecule has 0 radical (unpaired) electrons. The molecule has 0 spiro atoms. The third-order valence-corrected chi connectivity index (χ3v) is 6.67. The van der Waals surface area contributed by atoms with E-state index >= 15 is 0 Å². The normalized spacial score (nSPS) is 16.8. The molecule has 0 bridgehead atoms. The maximum atomic E-state index is 12.6. The first-order valence-electron chi connectivity index (χ1n) is 9.17. The highest BCUT2D eigenvalue weighted by atomic mass is 32.2. The second-order valence-corrected chi connectivity index (χ2v) is 9.26. The van der Waals surface area contributed by atoms with E-state index in [-0.39, 0.29) is 16.9 Å². The molecule has 0 unspecified atom stereocenters. The molecule has 0 saturated carbocycles. The fraction of sp³-hybridized carbons (Fsp3) is 0.350. The average molecular weight is 421 g/mol. The summed E-state index contributed by atoms with van der Waals surface area (Å²) in [6.45, 7) is 1.28. The van der Waals surface area contributed by atoms with Crippen LogP contribution in [-0.4, -0.2) is 39.3 Å². The molecule has 0 aliphatic carbocycles. The molecule has 8 heteroatoms. The number of thioether (sulfide) groups is 1. The van der Waals surface area contributed by atoms with Gasteiger partial charge in [-0.25, -0.2) is 13.6 Å². The fourth-order valence-corrected chi connectivity index (χ4v) is 4.63. The van der Waals surface area contributed by atoms with Gasteiger partial charge in [0.15, 0.2) is 0 Å². The van der Waals surface area contributed by atoms with E-state index in [1.807, 2.05) is 24.3 Å². The van der Waals surface area contributed by atoms with E-state index in [1.165, 1.54) is 12.1 Å². The maximum Gasteiger partial charge on any atom is 0.252 e. The van der Waals surface area contributed by atoms with Crippen LogP contribution in [0.4, 0.5) is 0 Å². The Morgan fingerprint density at radius 3 is 2.61 bits per heavy atom. The van der Waals surface area contributed by atoms with Gasteiger partial charge in [-0.15, -0.1) is 11.8 Å². The molecule has 3 N–H and O–H groups in total. The highest BCUT2D eigenvalue weighted by molar-refractivity contribution is 7.99. The lowest BCUT2D eigenvalue weighted by molar-refractivity contribution is 0.0951. The van der Waals surface area contributed by atoms with E-state index in [0.29, 0.717) is 18.5 Å². The number of nitrogens with two attached hydrogens (primary N) is 1. The van der Waals surface area contributed by atoms with Crippen LogP contribution in [-0.2, 0) is 21.2 Å². The van der Waals surface area contributed by atoms with Crippen LogP contribution in [0, 0.1) is 0 Å². The summed E-state index contributed by atoms with van der Waals surface area (Å²) in [5.41, 5.74) is 1.59. The first kappa shape index (κ1) is 20.9. The summed E-state index contributed by atoms with van der Waals surface area (Å²) in [4.78, 5) is 13.6. The molecule has 1 aliphatic heterocycles. The minimum Gasteiger partial charge on any atom is -0.377 e. The summed E-state index contributed by atoms with van der Waals surface area (Å²) in [5, 5.41) is 8.03. The Balaban J connectivity index is 1.53. The largest absolute Gasteiger partial charge is 0.377 e.